The maximum absolute atomic E-state index is 7.22. The Morgan fingerprint density at radius 3 is 1.33 bits per heavy atom. The Bertz CT molecular complexity index is 727. The van der Waals surface area contributed by atoms with Gasteiger partial charge in [0.25, 0.3) is 8.32 Å². The van der Waals surface area contributed by atoms with Crippen molar-refractivity contribution < 1.29 is 4.43 Å². The fourth-order valence-corrected chi connectivity index (χ4v) is 8.45. The zero-order valence-corrected chi connectivity index (χ0v) is 17.1. The Morgan fingerprint density at radius 1 is 0.593 bits per heavy atom. The van der Waals surface area contributed by atoms with Crippen LogP contribution >= 0.6 is 0 Å². The van der Waals surface area contributed by atoms with Crippen molar-refractivity contribution in [2.45, 2.75) is 38.7 Å². The highest BCUT2D eigenvalue weighted by Gasteiger charge is 2.44. The molecule has 138 valence electrons. The van der Waals surface area contributed by atoms with Gasteiger partial charge in [-0.1, -0.05) is 97.9 Å². The molecular formula is C25H28OSi. The van der Waals surface area contributed by atoms with E-state index in [-0.39, 0.29) is 0 Å². The second-order valence-corrected chi connectivity index (χ2v) is 11.1. The second kappa shape index (κ2) is 8.24. The van der Waals surface area contributed by atoms with Gasteiger partial charge in [-0.15, -0.1) is 0 Å². The van der Waals surface area contributed by atoms with Crippen molar-refractivity contribution >= 4 is 23.9 Å². The van der Waals surface area contributed by atoms with Crippen LogP contribution in [0.1, 0.15) is 32.6 Å². The molecule has 0 amide bonds. The minimum atomic E-state index is -2.53. The normalized spacial score (nSPS) is 20.3. The summed E-state index contributed by atoms with van der Waals surface area (Å²) in [6.45, 7) is 2.37. The van der Waals surface area contributed by atoms with Gasteiger partial charge in [-0.25, -0.2) is 0 Å². The van der Waals surface area contributed by atoms with E-state index in [0.717, 1.165) is 5.92 Å². The van der Waals surface area contributed by atoms with E-state index < -0.39 is 8.32 Å². The van der Waals surface area contributed by atoms with Crippen LogP contribution in [0.15, 0.2) is 91.0 Å². The van der Waals surface area contributed by atoms with Crippen molar-refractivity contribution in [1.82, 2.24) is 0 Å². The zero-order valence-electron chi connectivity index (χ0n) is 16.1. The number of benzene rings is 3. The van der Waals surface area contributed by atoms with Crippen LogP contribution in [0, 0.1) is 5.92 Å². The molecule has 0 spiro atoms. The molecule has 27 heavy (non-hydrogen) atoms. The molecule has 0 heterocycles. The lowest BCUT2D eigenvalue weighted by atomic mass is 9.89. The summed E-state index contributed by atoms with van der Waals surface area (Å²) < 4.78 is 7.22. The highest BCUT2D eigenvalue weighted by Crippen LogP contribution is 2.27. The smallest absolute Gasteiger partial charge is 0.288 e. The summed E-state index contributed by atoms with van der Waals surface area (Å²) in [5, 5.41) is 4.00. The van der Waals surface area contributed by atoms with Crippen molar-refractivity contribution in [3.63, 3.8) is 0 Å². The standard InChI is InChI=1S/C25H28OSi/c1-21-17-19-22(20-18-21)26-27(23-11-5-2-6-12-23,24-13-7-3-8-14-24)25-15-9-4-10-16-25/h2-16,21-22H,17-20H2,1H3. The Morgan fingerprint density at radius 2 is 0.963 bits per heavy atom. The maximum atomic E-state index is 7.22. The third kappa shape index (κ3) is 3.78. The average Bonchev–Trinajstić information content (AvgIpc) is 2.75. The Balaban J connectivity index is 1.86. The van der Waals surface area contributed by atoms with E-state index in [0.29, 0.717) is 6.10 Å². The SMILES string of the molecule is CC1CCC(O[Si](c2ccccc2)(c2ccccc2)c2ccccc2)CC1. The van der Waals surface area contributed by atoms with Crippen LogP contribution in [0.2, 0.25) is 0 Å². The molecule has 1 fully saturated rings. The highest BCUT2D eigenvalue weighted by atomic mass is 28.4. The number of hydrogen-bond acceptors (Lipinski definition) is 1. The third-order valence-electron chi connectivity index (χ3n) is 5.85. The molecule has 0 unspecified atom stereocenters. The minimum Gasteiger partial charge on any atom is -0.401 e. The Kier molecular flexibility index (Phi) is 5.56. The topological polar surface area (TPSA) is 9.23 Å². The first-order chi connectivity index (χ1) is 13.3. The van der Waals surface area contributed by atoms with Crippen molar-refractivity contribution in [2.24, 2.45) is 5.92 Å². The quantitative estimate of drug-likeness (QED) is 0.481. The van der Waals surface area contributed by atoms with Gasteiger partial charge in [0, 0.05) is 6.10 Å². The maximum Gasteiger partial charge on any atom is 0.288 e. The van der Waals surface area contributed by atoms with Gasteiger partial charge in [-0.2, -0.15) is 0 Å². The zero-order chi connectivity index (χ0) is 18.5. The van der Waals surface area contributed by atoms with Gasteiger partial charge < -0.3 is 4.43 Å². The molecule has 0 saturated heterocycles. The molecule has 0 atom stereocenters. The van der Waals surface area contributed by atoms with Crippen LogP contribution in [0.25, 0.3) is 0 Å². The summed E-state index contributed by atoms with van der Waals surface area (Å²) in [6, 6.07) is 32.8. The molecule has 0 aliphatic heterocycles. The largest absolute Gasteiger partial charge is 0.401 e. The molecule has 2 heteroatoms. The van der Waals surface area contributed by atoms with Crippen LogP contribution in [0.3, 0.4) is 0 Å². The summed E-state index contributed by atoms with van der Waals surface area (Å²) in [5.74, 6) is 0.825. The van der Waals surface area contributed by atoms with Crippen LogP contribution in [0.4, 0.5) is 0 Å². The van der Waals surface area contributed by atoms with Crippen LogP contribution in [-0.4, -0.2) is 14.4 Å². The molecule has 0 N–H and O–H groups in total. The van der Waals surface area contributed by atoms with Crippen molar-refractivity contribution in [1.29, 1.82) is 0 Å². The van der Waals surface area contributed by atoms with Gasteiger partial charge in [-0.05, 0) is 47.2 Å². The van der Waals surface area contributed by atoms with Gasteiger partial charge in [0.1, 0.15) is 0 Å². The van der Waals surface area contributed by atoms with Crippen LogP contribution < -0.4 is 15.6 Å². The van der Waals surface area contributed by atoms with Gasteiger partial charge in [0.05, 0.1) is 0 Å². The molecule has 3 aromatic carbocycles. The lowest BCUT2D eigenvalue weighted by Gasteiger charge is -2.38. The Hall–Kier alpha value is -2.16. The third-order valence-corrected chi connectivity index (χ3v) is 9.97. The van der Waals surface area contributed by atoms with E-state index in [2.05, 4.69) is 97.9 Å². The van der Waals surface area contributed by atoms with E-state index in [9.17, 15) is 0 Å². The molecule has 1 nitrogen and oxygen atoms in total. The second-order valence-electron chi connectivity index (χ2n) is 7.78. The monoisotopic (exact) mass is 372 g/mol. The molecule has 1 aliphatic rings. The first-order valence-corrected chi connectivity index (χ1v) is 12.0. The first-order valence-electron chi connectivity index (χ1n) is 10.1. The van der Waals surface area contributed by atoms with Crippen LogP contribution in [0.5, 0.6) is 0 Å². The van der Waals surface area contributed by atoms with Crippen molar-refractivity contribution in [3.05, 3.63) is 91.0 Å². The summed E-state index contributed by atoms with van der Waals surface area (Å²) in [5.41, 5.74) is 0. The van der Waals surface area contributed by atoms with Gasteiger partial charge in [0.15, 0.2) is 0 Å². The van der Waals surface area contributed by atoms with E-state index in [1.54, 1.807) is 0 Å². The summed E-state index contributed by atoms with van der Waals surface area (Å²) in [7, 11) is -2.53. The fraction of sp³-hybridized carbons (Fsp3) is 0.280. The Labute approximate surface area is 164 Å². The average molecular weight is 373 g/mol. The molecule has 0 bridgehead atoms. The van der Waals surface area contributed by atoms with E-state index in [1.807, 2.05) is 0 Å². The van der Waals surface area contributed by atoms with Crippen molar-refractivity contribution in [2.75, 3.05) is 0 Å². The summed E-state index contributed by atoms with van der Waals surface area (Å²) in [4.78, 5) is 0. The number of hydrogen-bond donors (Lipinski definition) is 0. The molecule has 0 radical (unpaired) electrons. The lowest BCUT2D eigenvalue weighted by molar-refractivity contribution is 0.135. The van der Waals surface area contributed by atoms with E-state index in [4.69, 9.17) is 4.43 Å². The number of rotatable bonds is 5. The molecule has 4 rings (SSSR count). The summed E-state index contributed by atoms with van der Waals surface area (Å²) >= 11 is 0. The van der Waals surface area contributed by atoms with Gasteiger partial charge in [-0.3, -0.25) is 0 Å². The molecule has 3 aromatic rings. The minimum absolute atomic E-state index is 0.341. The first kappa shape index (κ1) is 18.2. The predicted molar refractivity (Wildman–Crippen MR) is 116 cm³/mol. The fourth-order valence-electron chi connectivity index (χ4n) is 4.32. The van der Waals surface area contributed by atoms with E-state index >= 15 is 0 Å². The molecule has 1 aliphatic carbocycles. The predicted octanol–water partition coefficient (Wildman–Crippen LogP) is 4.25. The lowest BCUT2D eigenvalue weighted by Crippen LogP contribution is -2.70. The van der Waals surface area contributed by atoms with E-state index in [1.165, 1.54) is 41.2 Å². The van der Waals surface area contributed by atoms with Crippen molar-refractivity contribution in [3.8, 4) is 0 Å². The molecule has 0 aromatic heterocycles. The summed E-state index contributed by atoms with van der Waals surface area (Å²) in [6.07, 6.45) is 5.22. The highest BCUT2D eigenvalue weighted by molar-refractivity contribution is 7.07. The van der Waals surface area contributed by atoms with Gasteiger partial charge >= 0.3 is 0 Å². The van der Waals surface area contributed by atoms with Crippen LogP contribution in [-0.2, 0) is 4.43 Å². The molecular weight excluding hydrogens is 344 g/mol. The van der Waals surface area contributed by atoms with Gasteiger partial charge in [0.2, 0.25) is 0 Å². The molecule has 1 saturated carbocycles.